The summed E-state index contributed by atoms with van der Waals surface area (Å²) in [5.74, 6) is 0. The Kier molecular flexibility index (Phi) is 7.14. The van der Waals surface area contributed by atoms with Crippen molar-refractivity contribution in [1.29, 1.82) is 0 Å². The number of rotatable bonds is 10. The number of hydrogen-bond acceptors (Lipinski definition) is 5. The molecule has 0 aliphatic carbocycles. The molecule has 0 aromatic carbocycles. The summed E-state index contributed by atoms with van der Waals surface area (Å²) in [6, 6.07) is 0. The molecule has 0 amide bonds. The monoisotopic (exact) mass is 303 g/mol. The number of hydrogen-bond donors (Lipinski definition) is 3. The van der Waals surface area contributed by atoms with Crippen LogP contribution in [0.1, 0.15) is 26.3 Å². The number of likely N-dealkylation sites (N-methyl/N-ethyl adjacent to an activating group) is 1. The first-order valence-corrected chi connectivity index (χ1v) is 8.48. The second-order valence-corrected chi connectivity index (χ2v) is 6.13. The quantitative estimate of drug-likeness (QED) is 0.572. The van der Waals surface area contributed by atoms with E-state index in [9.17, 15) is 8.42 Å². The molecule has 7 nitrogen and oxygen atoms in total. The fraction of sp³-hybridized carbons (Fsp3) is 0.750. The molecule has 0 radical (unpaired) electrons. The third kappa shape index (κ3) is 4.86. The van der Waals surface area contributed by atoms with Gasteiger partial charge in [0.1, 0.15) is 0 Å². The van der Waals surface area contributed by atoms with Crippen molar-refractivity contribution in [2.24, 2.45) is 0 Å². The van der Waals surface area contributed by atoms with E-state index in [2.05, 4.69) is 39.0 Å². The standard InChI is InChI=1S/C12H25N5O2S/c1-4-13-9-11-10-14-16-12(11)20(18,19)15-7-8-17(5-2)6-3/h10,13,15H,4-9H2,1-3H3,(H,14,16). The summed E-state index contributed by atoms with van der Waals surface area (Å²) < 4.78 is 27.0. The minimum atomic E-state index is -3.52. The molecule has 20 heavy (non-hydrogen) atoms. The molecular formula is C12H25N5O2S. The van der Waals surface area contributed by atoms with Gasteiger partial charge in [0.2, 0.25) is 0 Å². The molecule has 0 aliphatic heterocycles. The van der Waals surface area contributed by atoms with Crippen molar-refractivity contribution in [3.05, 3.63) is 11.8 Å². The van der Waals surface area contributed by atoms with Crippen molar-refractivity contribution < 1.29 is 8.42 Å². The lowest BCUT2D eigenvalue weighted by molar-refractivity contribution is 0.309. The summed E-state index contributed by atoms with van der Waals surface area (Å²) in [5, 5.41) is 9.64. The fourth-order valence-electron chi connectivity index (χ4n) is 1.87. The predicted octanol–water partition coefficient (Wildman–Crippen LogP) is 0.139. The highest BCUT2D eigenvalue weighted by molar-refractivity contribution is 7.89. The van der Waals surface area contributed by atoms with Crippen molar-refractivity contribution in [1.82, 2.24) is 25.1 Å². The molecule has 0 saturated heterocycles. The zero-order chi connectivity index (χ0) is 15.0. The molecule has 1 aromatic heterocycles. The van der Waals surface area contributed by atoms with E-state index >= 15 is 0 Å². The molecule has 3 N–H and O–H groups in total. The molecule has 1 aromatic rings. The SMILES string of the molecule is CCNCc1cn[nH]c1S(=O)(=O)NCCN(CC)CC. The van der Waals surface area contributed by atoms with Crippen LogP contribution >= 0.6 is 0 Å². The van der Waals surface area contributed by atoms with E-state index < -0.39 is 10.0 Å². The maximum Gasteiger partial charge on any atom is 0.257 e. The Bertz CT molecular complexity index is 482. The van der Waals surface area contributed by atoms with Gasteiger partial charge in [0.25, 0.3) is 10.0 Å². The maximum absolute atomic E-state index is 12.2. The smallest absolute Gasteiger partial charge is 0.257 e. The van der Waals surface area contributed by atoms with Gasteiger partial charge in [0.15, 0.2) is 5.03 Å². The van der Waals surface area contributed by atoms with Crippen molar-refractivity contribution >= 4 is 10.0 Å². The number of aromatic nitrogens is 2. The predicted molar refractivity (Wildman–Crippen MR) is 78.9 cm³/mol. The maximum atomic E-state index is 12.2. The number of nitrogens with one attached hydrogen (secondary N) is 3. The summed E-state index contributed by atoms with van der Waals surface area (Å²) >= 11 is 0. The second kappa shape index (κ2) is 8.35. The van der Waals surface area contributed by atoms with Crippen LogP contribution in [0.2, 0.25) is 0 Å². The van der Waals surface area contributed by atoms with Crippen LogP contribution in [0, 0.1) is 0 Å². The molecule has 0 fully saturated rings. The summed E-state index contributed by atoms with van der Waals surface area (Å²) in [5.41, 5.74) is 0.655. The summed E-state index contributed by atoms with van der Waals surface area (Å²) in [6.45, 7) is 10.3. The third-order valence-corrected chi connectivity index (χ3v) is 4.60. The van der Waals surface area contributed by atoms with Crippen molar-refractivity contribution in [3.63, 3.8) is 0 Å². The first-order valence-electron chi connectivity index (χ1n) is 7.00. The average molecular weight is 303 g/mol. The average Bonchev–Trinajstić information content (AvgIpc) is 2.90. The van der Waals surface area contributed by atoms with Gasteiger partial charge >= 0.3 is 0 Å². The highest BCUT2D eigenvalue weighted by atomic mass is 32.2. The molecule has 0 aliphatic rings. The van der Waals surface area contributed by atoms with Gasteiger partial charge in [-0.2, -0.15) is 5.10 Å². The summed E-state index contributed by atoms with van der Waals surface area (Å²) in [4.78, 5) is 2.16. The van der Waals surface area contributed by atoms with Gasteiger partial charge in [-0.3, -0.25) is 5.10 Å². The largest absolute Gasteiger partial charge is 0.313 e. The number of nitrogens with zero attached hydrogens (tertiary/aromatic N) is 2. The Morgan fingerprint density at radius 3 is 2.60 bits per heavy atom. The molecular weight excluding hydrogens is 278 g/mol. The van der Waals surface area contributed by atoms with E-state index in [0.29, 0.717) is 25.2 Å². The summed E-state index contributed by atoms with van der Waals surface area (Å²) in [7, 11) is -3.52. The lowest BCUT2D eigenvalue weighted by Crippen LogP contribution is -2.35. The zero-order valence-electron chi connectivity index (χ0n) is 12.4. The van der Waals surface area contributed by atoms with Gasteiger partial charge in [0.05, 0.1) is 6.20 Å². The second-order valence-electron chi connectivity index (χ2n) is 4.43. The molecule has 1 heterocycles. The van der Waals surface area contributed by atoms with Gasteiger partial charge in [0, 0.05) is 25.2 Å². The van der Waals surface area contributed by atoms with Crippen molar-refractivity contribution in [2.45, 2.75) is 32.3 Å². The Labute approximate surface area is 121 Å². The van der Waals surface area contributed by atoms with E-state index in [1.807, 2.05) is 6.92 Å². The zero-order valence-corrected chi connectivity index (χ0v) is 13.3. The molecule has 0 spiro atoms. The lowest BCUT2D eigenvalue weighted by Gasteiger charge is -2.17. The van der Waals surface area contributed by atoms with Crippen LogP contribution in [0.15, 0.2) is 11.2 Å². The van der Waals surface area contributed by atoms with Crippen LogP contribution in [0.5, 0.6) is 0 Å². The van der Waals surface area contributed by atoms with E-state index in [1.165, 1.54) is 0 Å². The Morgan fingerprint density at radius 1 is 1.30 bits per heavy atom. The Morgan fingerprint density at radius 2 is 2.00 bits per heavy atom. The molecule has 1 rings (SSSR count). The lowest BCUT2D eigenvalue weighted by atomic mass is 10.3. The normalized spacial score (nSPS) is 12.2. The fourth-order valence-corrected chi connectivity index (χ4v) is 3.01. The first-order chi connectivity index (χ1) is 9.55. The van der Waals surface area contributed by atoms with Gasteiger partial charge in [-0.15, -0.1) is 0 Å². The van der Waals surface area contributed by atoms with E-state index in [0.717, 1.165) is 19.6 Å². The number of H-pyrrole nitrogens is 1. The molecule has 0 unspecified atom stereocenters. The van der Waals surface area contributed by atoms with Crippen LogP contribution in [0.3, 0.4) is 0 Å². The molecule has 0 atom stereocenters. The molecule has 0 saturated carbocycles. The minimum absolute atomic E-state index is 0.151. The van der Waals surface area contributed by atoms with E-state index in [4.69, 9.17) is 0 Å². The van der Waals surface area contributed by atoms with Gasteiger partial charge in [-0.1, -0.05) is 20.8 Å². The van der Waals surface area contributed by atoms with Crippen molar-refractivity contribution in [3.8, 4) is 0 Å². The van der Waals surface area contributed by atoms with Crippen LogP contribution in [-0.2, 0) is 16.6 Å². The molecule has 0 bridgehead atoms. The van der Waals surface area contributed by atoms with Crippen LogP contribution < -0.4 is 10.0 Å². The van der Waals surface area contributed by atoms with Gasteiger partial charge in [-0.25, -0.2) is 13.1 Å². The first kappa shape index (κ1) is 17.1. The van der Waals surface area contributed by atoms with Crippen LogP contribution in [0.25, 0.3) is 0 Å². The van der Waals surface area contributed by atoms with Gasteiger partial charge < -0.3 is 10.2 Å². The van der Waals surface area contributed by atoms with E-state index in [1.54, 1.807) is 6.20 Å². The highest BCUT2D eigenvalue weighted by Crippen LogP contribution is 2.11. The van der Waals surface area contributed by atoms with Gasteiger partial charge in [-0.05, 0) is 19.6 Å². The third-order valence-electron chi connectivity index (χ3n) is 3.13. The Hall–Kier alpha value is -0.960. The highest BCUT2D eigenvalue weighted by Gasteiger charge is 2.20. The van der Waals surface area contributed by atoms with Crippen molar-refractivity contribution in [2.75, 3.05) is 32.7 Å². The number of aromatic amines is 1. The van der Waals surface area contributed by atoms with Crippen LogP contribution in [-0.4, -0.2) is 56.2 Å². The molecule has 116 valence electrons. The number of sulfonamides is 1. The van der Waals surface area contributed by atoms with E-state index in [-0.39, 0.29) is 5.03 Å². The molecule has 8 heteroatoms. The Balaban J connectivity index is 2.62. The van der Waals surface area contributed by atoms with Crippen LogP contribution in [0.4, 0.5) is 0 Å². The minimum Gasteiger partial charge on any atom is -0.313 e. The topological polar surface area (TPSA) is 90.1 Å². The summed E-state index contributed by atoms with van der Waals surface area (Å²) in [6.07, 6.45) is 1.54.